The normalized spacial score (nSPS) is 19.6. The van der Waals surface area contributed by atoms with Gasteiger partial charge in [-0.3, -0.25) is 0 Å². The molecule has 1 fully saturated rings. The summed E-state index contributed by atoms with van der Waals surface area (Å²) in [5.41, 5.74) is 2.29. The minimum absolute atomic E-state index is 0.744. The van der Waals surface area contributed by atoms with E-state index in [0.29, 0.717) is 0 Å². The van der Waals surface area contributed by atoms with Crippen molar-refractivity contribution in [1.29, 1.82) is 0 Å². The Labute approximate surface area is 95.1 Å². The fourth-order valence-electron chi connectivity index (χ4n) is 2.21. The maximum atomic E-state index is 5.76. The van der Waals surface area contributed by atoms with Crippen LogP contribution in [0.25, 0.3) is 0 Å². The second-order valence-electron chi connectivity index (χ2n) is 4.03. The van der Waals surface area contributed by atoms with Crippen molar-refractivity contribution in [3.05, 3.63) is 18.2 Å². The molecule has 4 nitrogen and oxygen atoms in total. The molecule has 0 unspecified atom stereocenters. The monoisotopic (exact) mass is 220 g/mol. The van der Waals surface area contributed by atoms with E-state index in [1.165, 1.54) is 5.69 Å². The van der Waals surface area contributed by atoms with Gasteiger partial charge >= 0.3 is 0 Å². The molecule has 0 bridgehead atoms. The lowest BCUT2D eigenvalue weighted by molar-refractivity contribution is 0.122. The number of benzene rings is 1. The van der Waals surface area contributed by atoms with Crippen LogP contribution in [-0.4, -0.2) is 39.5 Å². The van der Waals surface area contributed by atoms with Gasteiger partial charge in [-0.1, -0.05) is 6.07 Å². The quantitative estimate of drug-likeness (QED) is 0.774. The van der Waals surface area contributed by atoms with E-state index in [1.807, 2.05) is 0 Å². The zero-order valence-electron chi connectivity index (χ0n) is 9.24. The average molecular weight is 220 g/mol. The highest BCUT2D eigenvalue weighted by molar-refractivity contribution is 5.73. The number of anilines is 2. The summed E-state index contributed by atoms with van der Waals surface area (Å²) in [7, 11) is 0. The summed E-state index contributed by atoms with van der Waals surface area (Å²) in [5, 5.41) is 3.36. The Morgan fingerprint density at radius 3 is 2.88 bits per heavy atom. The van der Waals surface area contributed by atoms with Crippen molar-refractivity contribution in [2.45, 2.75) is 0 Å². The molecule has 1 aromatic rings. The number of hydrogen-bond acceptors (Lipinski definition) is 4. The molecule has 2 aliphatic rings. The molecule has 1 N–H and O–H groups in total. The second kappa shape index (κ2) is 4.22. The molecule has 0 radical (unpaired) electrons. The molecule has 2 heterocycles. The Kier molecular flexibility index (Phi) is 2.58. The van der Waals surface area contributed by atoms with Crippen molar-refractivity contribution in [2.75, 3.05) is 49.7 Å². The van der Waals surface area contributed by atoms with Crippen LogP contribution in [0.15, 0.2) is 18.2 Å². The number of para-hydroxylation sites is 1. The zero-order chi connectivity index (χ0) is 10.8. The van der Waals surface area contributed by atoms with Gasteiger partial charge in [-0.05, 0) is 12.1 Å². The van der Waals surface area contributed by atoms with Crippen LogP contribution in [-0.2, 0) is 4.74 Å². The Hall–Kier alpha value is -1.42. The summed E-state index contributed by atoms with van der Waals surface area (Å²) >= 11 is 0. The second-order valence-corrected chi connectivity index (χ2v) is 4.03. The maximum absolute atomic E-state index is 5.76. The summed E-state index contributed by atoms with van der Waals surface area (Å²) in [5.74, 6) is 0.996. The highest BCUT2D eigenvalue weighted by atomic mass is 16.5. The number of nitrogens with one attached hydrogen (secondary N) is 1. The first-order valence-electron chi connectivity index (χ1n) is 5.77. The van der Waals surface area contributed by atoms with Gasteiger partial charge in [-0.2, -0.15) is 0 Å². The number of ether oxygens (including phenoxy) is 2. The van der Waals surface area contributed by atoms with Crippen LogP contribution < -0.4 is 15.0 Å². The van der Waals surface area contributed by atoms with Crippen LogP contribution in [0.5, 0.6) is 5.75 Å². The predicted octanol–water partition coefficient (Wildman–Crippen LogP) is 1.33. The molecule has 0 aliphatic carbocycles. The SMILES string of the molecule is c1cc2c(c(N3CCOCC3)c1)OCCN2. The number of hydrogen-bond donors (Lipinski definition) is 1. The van der Waals surface area contributed by atoms with Gasteiger partial charge in [-0.15, -0.1) is 0 Å². The summed E-state index contributed by atoms with van der Waals surface area (Å²) < 4.78 is 11.1. The highest BCUT2D eigenvalue weighted by Crippen LogP contribution is 2.37. The van der Waals surface area contributed by atoms with Crippen LogP contribution in [0, 0.1) is 0 Å². The molecule has 86 valence electrons. The van der Waals surface area contributed by atoms with Crippen molar-refractivity contribution < 1.29 is 9.47 Å². The lowest BCUT2D eigenvalue weighted by Gasteiger charge is -2.32. The Morgan fingerprint density at radius 2 is 2.00 bits per heavy atom. The molecule has 0 spiro atoms. The fourth-order valence-corrected chi connectivity index (χ4v) is 2.21. The third-order valence-electron chi connectivity index (χ3n) is 3.01. The first-order chi connectivity index (χ1) is 7.95. The summed E-state index contributed by atoms with van der Waals surface area (Å²) in [6.07, 6.45) is 0. The van der Waals surface area contributed by atoms with Crippen molar-refractivity contribution in [3.8, 4) is 5.75 Å². The molecule has 0 aromatic heterocycles. The van der Waals surface area contributed by atoms with E-state index in [-0.39, 0.29) is 0 Å². The minimum atomic E-state index is 0.744. The summed E-state index contributed by atoms with van der Waals surface area (Å²) in [4.78, 5) is 2.33. The molecule has 2 aliphatic heterocycles. The van der Waals surface area contributed by atoms with Crippen LogP contribution in [0.2, 0.25) is 0 Å². The van der Waals surface area contributed by atoms with Crippen LogP contribution >= 0.6 is 0 Å². The highest BCUT2D eigenvalue weighted by Gasteiger charge is 2.19. The lowest BCUT2D eigenvalue weighted by Crippen LogP contribution is -2.36. The van der Waals surface area contributed by atoms with E-state index in [2.05, 4.69) is 28.4 Å². The van der Waals surface area contributed by atoms with E-state index < -0.39 is 0 Å². The van der Waals surface area contributed by atoms with Crippen molar-refractivity contribution in [3.63, 3.8) is 0 Å². The Bertz CT molecular complexity index is 375. The van der Waals surface area contributed by atoms with Gasteiger partial charge in [0, 0.05) is 19.6 Å². The van der Waals surface area contributed by atoms with Crippen molar-refractivity contribution >= 4 is 11.4 Å². The summed E-state index contributed by atoms with van der Waals surface area (Å²) in [6.45, 7) is 5.13. The van der Waals surface area contributed by atoms with Gasteiger partial charge in [-0.25, -0.2) is 0 Å². The predicted molar refractivity (Wildman–Crippen MR) is 63.5 cm³/mol. The third kappa shape index (κ3) is 1.69. The van der Waals surface area contributed by atoms with Crippen LogP contribution in [0.3, 0.4) is 0 Å². The number of rotatable bonds is 1. The molecular formula is C12H16N2O2. The van der Waals surface area contributed by atoms with Gasteiger partial charge in [0.05, 0.1) is 24.6 Å². The van der Waals surface area contributed by atoms with Gasteiger partial charge < -0.3 is 19.7 Å². The number of fused-ring (bicyclic) bond motifs is 1. The van der Waals surface area contributed by atoms with Gasteiger partial charge in [0.25, 0.3) is 0 Å². The van der Waals surface area contributed by atoms with Gasteiger partial charge in [0.15, 0.2) is 5.75 Å². The molecular weight excluding hydrogens is 204 g/mol. The van der Waals surface area contributed by atoms with Crippen LogP contribution in [0.1, 0.15) is 0 Å². The largest absolute Gasteiger partial charge is 0.487 e. The molecule has 1 saturated heterocycles. The van der Waals surface area contributed by atoms with E-state index >= 15 is 0 Å². The Morgan fingerprint density at radius 1 is 1.12 bits per heavy atom. The first-order valence-corrected chi connectivity index (χ1v) is 5.77. The van der Waals surface area contributed by atoms with Crippen LogP contribution in [0.4, 0.5) is 11.4 Å². The molecule has 0 saturated carbocycles. The van der Waals surface area contributed by atoms with Crippen molar-refractivity contribution in [2.24, 2.45) is 0 Å². The summed E-state index contributed by atoms with van der Waals surface area (Å²) in [6, 6.07) is 6.26. The maximum Gasteiger partial charge on any atom is 0.165 e. The van der Waals surface area contributed by atoms with Crippen molar-refractivity contribution in [1.82, 2.24) is 0 Å². The van der Waals surface area contributed by atoms with E-state index in [1.54, 1.807) is 0 Å². The van der Waals surface area contributed by atoms with E-state index in [4.69, 9.17) is 9.47 Å². The third-order valence-corrected chi connectivity index (χ3v) is 3.01. The molecule has 1 aromatic carbocycles. The van der Waals surface area contributed by atoms with E-state index in [0.717, 1.165) is 50.9 Å². The molecule has 0 atom stereocenters. The van der Waals surface area contributed by atoms with Gasteiger partial charge in [0.1, 0.15) is 6.61 Å². The first kappa shape index (κ1) is 9.78. The molecule has 4 heteroatoms. The Balaban J connectivity index is 1.93. The number of morpholine rings is 1. The molecule has 0 amide bonds. The standard InChI is InChI=1S/C12H16N2O2/c1-2-10-12(16-7-4-13-10)11(3-1)14-5-8-15-9-6-14/h1-3,13H,4-9H2. The number of nitrogens with zero attached hydrogens (tertiary/aromatic N) is 1. The molecule has 16 heavy (non-hydrogen) atoms. The molecule has 3 rings (SSSR count). The van der Waals surface area contributed by atoms with Gasteiger partial charge in [0.2, 0.25) is 0 Å². The zero-order valence-corrected chi connectivity index (χ0v) is 9.24. The lowest BCUT2D eigenvalue weighted by atomic mass is 10.2. The topological polar surface area (TPSA) is 33.7 Å². The minimum Gasteiger partial charge on any atom is -0.487 e. The average Bonchev–Trinajstić information content (AvgIpc) is 2.39. The smallest absolute Gasteiger partial charge is 0.165 e. The fraction of sp³-hybridized carbons (Fsp3) is 0.500. The van der Waals surface area contributed by atoms with E-state index in [9.17, 15) is 0 Å².